The highest BCUT2D eigenvalue weighted by molar-refractivity contribution is 6.16. The van der Waals surface area contributed by atoms with E-state index in [0.29, 0.717) is 18.3 Å². The van der Waals surface area contributed by atoms with Gasteiger partial charge in [-0.2, -0.15) is 0 Å². The van der Waals surface area contributed by atoms with Gasteiger partial charge in [-0.15, -0.1) is 0 Å². The van der Waals surface area contributed by atoms with Gasteiger partial charge in [0.25, 0.3) is 0 Å². The largest absolute Gasteiger partial charge is 0.384 e. The average Bonchev–Trinajstić information content (AvgIpc) is 3.63. The van der Waals surface area contributed by atoms with E-state index in [0.717, 1.165) is 74.7 Å². The van der Waals surface area contributed by atoms with Crippen LogP contribution in [0.4, 0.5) is 22.9 Å². The minimum atomic E-state index is -0.617. The van der Waals surface area contributed by atoms with E-state index < -0.39 is 11.5 Å². The Labute approximate surface area is 215 Å². The number of hydrogen-bond donors (Lipinski definition) is 2. The summed E-state index contributed by atoms with van der Waals surface area (Å²) in [4.78, 5) is 51.3. The molecule has 3 saturated heterocycles. The Hall–Kier alpha value is -3.66. The van der Waals surface area contributed by atoms with E-state index in [1.54, 1.807) is 4.90 Å². The number of anilines is 4. The summed E-state index contributed by atoms with van der Waals surface area (Å²) in [5.74, 6) is -0.0637. The Morgan fingerprint density at radius 2 is 1.70 bits per heavy atom. The number of piperidine rings is 1. The van der Waals surface area contributed by atoms with Crippen molar-refractivity contribution in [3.63, 3.8) is 0 Å². The predicted octanol–water partition coefficient (Wildman–Crippen LogP) is 0.858. The van der Waals surface area contributed by atoms with Crippen LogP contribution >= 0.6 is 0 Å². The fourth-order valence-electron chi connectivity index (χ4n) is 6.57. The number of hydrogen-bond acceptors (Lipinski definition) is 8. The molecule has 0 radical (unpaired) electrons. The van der Waals surface area contributed by atoms with E-state index in [1.165, 1.54) is 0 Å². The number of aromatic nitrogens is 1. The highest BCUT2D eigenvalue weighted by Crippen LogP contribution is 2.60. The molecule has 1 saturated carbocycles. The van der Waals surface area contributed by atoms with E-state index in [-0.39, 0.29) is 24.1 Å². The molecule has 192 valence electrons. The van der Waals surface area contributed by atoms with Crippen molar-refractivity contribution in [2.45, 2.75) is 43.2 Å². The van der Waals surface area contributed by atoms with Gasteiger partial charge in [0.1, 0.15) is 11.9 Å². The summed E-state index contributed by atoms with van der Waals surface area (Å²) in [7, 11) is 0. The van der Waals surface area contributed by atoms with Crippen molar-refractivity contribution < 1.29 is 14.4 Å². The summed E-state index contributed by atoms with van der Waals surface area (Å²) in [5.41, 5.74) is 9.39. The number of nitrogen functional groups attached to an aromatic ring is 1. The fourth-order valence-corrected chi connectivity index (χ4v) is 6.57. The van der Waals surface area contributed by atoms with Crippen molar-refractivity contribution in [1.82, 2.24) is 15.2 Å². The maximum absolute atomic E-state index is 13.7. The monoisotopic (exact) mass is 501 g/mol. The fraction of sp³-hybridized carbons (Fsp3) is 0.481. The molecular weight excluding hydrogens is 470 g/mol. The van der Waals surface area contributed by atoms with Gasteiger partial charge in [0.05, 0.1) is 23.0 Å². The maximum Gasteiger partial charge on any atom is 0.249 e. The molecule has 1 spiro atoms. The third-order valence-corrected chi connectivity index (χ3v) is 8.83. The summed E-state index contributed by atoms with van der Waals surface area (Å²) in [5, 5.41) is 2.43. The molecule has 5 heterocycles. The Bertz CT molecular complexity index is 1280. The van der Waals surface area contributed by atoms with Crippen LogP contribution in [-0.2, 0) is 19.8 Å². The van der Waals surface area contributed by atoms with Crippen LogP contribution in [0.2, 0.25) is 0 Å². The van der Waals surface area contributed by atoms with Crippen molar-refractivity contribution in [1.29, 1.82) is 0 Å². The summed E-state index contributed by atoms with van der Waals surface area (Å²) < 4.78 is 0. The zero-order valence-electron chi connectivity index (χ0n) is 20.7. The highest BCUT2D eigenvalue weighted by Gasteiger charge is 2.62. The van der Waals surface area contributed by atoms with Gasteiger partial charge < -0.3 is 15.5 Å². The van der Waals surface area contributed by atoms with E-state index in [2.05, 4.69) is 31.1 Å². The lowest BCUT2D eigenvalue weighted by atomic mass is 9.94. The number of fused-ring (bicyclic) bond motifs is 2. The predicted molar refractivity (Wildman–Crippen MR) is 139 cm³/mol. The van der Waals surface area contributed by atoms with Crippen LogP contribution in [0.1, 0.15) is 31.2 Å². The first-order chi connectivity index (χ1) is 17.9. The van der Waals surface area contributed by atoms with Crippen LogP contribution in [0.15, 0.2) is 36.5 Å². The second kappa shape index (κ2) is 8.17. The molecule has 1 atom stereocenters. The molecule has 2 aromatic rings. The van der Waals surface area contributed by atoms with Crippen molar-refractivity contribution >= 4 is 40.6 Å². The number of rotatable bonds is 4. The second-order valence-electron chi connectivity index (χ2n) is 10.9. The Morgan fingerprint density at radius 3 is 2.38 bits per heavy atom. The number of nitrogens with one attached hydrogen (secondary N) is 1. The summed E-state index contributed by atoms with van der Waals surface area (Å²) in [6, 6.07) is 9.89. The van der Waals surface area contributed by atoms with Gasteiger partial charge in [0, 0.05) is 63.0 Å². The summed E-state index contributed by atoms with van der Waals surface area (Å²) in [6.07, 6.45) is 4.11. The van der Waals surface area contributed by atoms with Crippen molar-refractivity contribution in [3.8, 4) is 0 Å². The number of carbonyl (C=O) groups excluding carboxylic acids is 3. The number of benzene rings is 1. The number of pyridine rings is 1. The number of nitrogens with zero attached hydrogens (tertiary/aromatic N) is 5. The van der Waals surface area contributed by atoms with Crippen LogP contribution < -0.4 is 25.8 Å². The number of imide groups is 1. The van der Waals surface area contributed by atoms with Crippen LogP contribution in [0.5, 0.6) is 0 Å². The molecule has 37 heavy (non-hydrogen) atoms. The molecule has 7 rings (SSSR count). The van der Waals surface area contributed by atoms with Crippen LogP contribution in [-0.4, -0.2) is 79.0 Å². The molecule has 1 aromatic carbocycles. The van der Waals surface area contributed by atoms with Crippen molar-refractivity contribution in [2.24, 2.45) is 0 Å². The lowest BCUT2D eigenvalue weighted by Gasteiger charge is -2.49. The second-order valence-corrected chi connectivity index (χ2v) is 10.9. The molecule has 10 heteroatoms. The van der Waals surface area contributed by atoms with Crippen molar-refractivity contribution in [2.75, 3.05) is 59.7 Å². The summed E-state index contributed by atoms with van der Waals surface area (Å²) in [6.45, 7) is 5.73. The minimum absolute atomic E-state index is 0.0230. The van der Waals surface area contributed by atoms with Gasteiger partial charge in [0.2, 0.25) is 17.7 Å². The molecule has 1 aromatic heterocycles. The standard InChI is InChI=1S/C27H31N7O3/c28-22-6-4-17(14-29-22)33-15-18(16-33)31-10-12-32(13-11-31)19-2-1-3-20-24(19)27(8-9-27)26(37)34(20)21-5-7-23(35)30-25(21)36/h1-4,6,14,18,21H,5,7-13,15-16H2,(H2,28,29)(H,30,35,36). The lowest BCUT2D eigenvalue weighted by Crippen LogP contribution is -2.63. The van der Waals surface area contributed by atoms with Crippen LogP contribution in [0.25, 0.3) is 0 Å². The number of piperazine rings is 1. The Morgan fingerprint density at radius 1 is 0.946 bits per heavy atom. The topological polar surface area (TPSA) is 115 Å². The van der Waals surface area contributed by atoms with Crippen LogP contribution in [0.3, 0.4) is 0 Å². The van der Waals surface area contributed by atoms with Crippen molar-refractivity contribution in [3.05, 3.63) is 42.1 Å². The zero-order chi connectivity index (χ0) is 25.3. The summed E-state index contributed by atoms with van der Waals surface area (Å²) >= 11 is 0. The van der Waals surface area contributed by atoms with E-state index in [4.69, 9.17) is 5.73 Å². The lowest BCUT2D eigenvalue weighted by molar-refractivity contribution is -0.135. The Kier molecular flexibility index (Phi) is 4.98. The molecule has 3 amide bonds. The first-order valence-electron chi connectivity index (χ1n) is 13.2. The quantitative estimate of drug-likeness (QED) is 0.593. The van der Waals surface area contributed by atoms with Gasteiger partial charge in [-0.05, 0) is 43.5 Å². The number of nitrogens with two attached hydrogens (primary N) is 1. The average molecular weight is 502 g/mol. The van der Waals surface area contributed by atoms with E-state index >= 15 is 0 Å². The number of amides is 3. The van der Waals surface area contributed by atoms with Gasteiger partial charge >= 0.3 is 0 Å². The third-order valence-electron chi connectivity index (χ3n) is 8.83. The minimum Gasteiger partial charge on any atom is -0.384 e. The van der Waals surface area contributed by atoms with Gasteiger partial charge in [-0.1, -0.05) is 6.07 Å². The van der Waals surface area contributed by atoms with E-state index in [9.17, 15) is 14.4 Å². The third kappa shape index (κ3) is 3.49. The SMILES string of the molecule is Nc1ccc(N2CC(N3CCN(c4cccc5c4C4(CC4)C(=O)N5C4CCC(=O)NC4=O)CC3)C2)cn1. The first-order valence-corrected chi connectivity index (χ1v) is 13.2. The normalized spacial score (nSPS) is 25.4. The molecule has 5 aliphatic rings. The molecule has 1 aliphatic carbocycles. The molecular formula is C27H31N7O3. The molecule has 0 bridgehead atoms. The zero-order valence-corrected chi connectivity index (χ0v) is 20.7. The molecule has 1 unspecified atom stereocenters. The molecule has 10 nitrogen and oxygen atoms in total. The number of carbonyl (C=O) groups is 3. The molecule has 4 aliphatic heterocycles. The Balaban J connectivity index is 1.07. The molecule has 4 fully saturated rings. The first kappa shape index (κ1) is 22.5. The maximum atomic E-state index is 13.7. The van der Waals surface area contributed by atoms with Crippen LogP contribution in [0, 0.1) is 0 Å². The highest BCUT2D eigenvalue weighted by atomic mass is 16.2. The van der Waals surface area contributed by atoms with Gasteiger partial charge in [0.15, 0.2) is 0 Å². The van der Waals surface area contributed by atoms with E-state index in [1.807, 2.05) is 30.5 Å². The van der Waals surface area contributed by atoms with Gasteiger partial charge in [-0.25, -0.2) is 4.98 Å². The molecule has 3 N–H and O–H groups in total. The van der Waals surface area contributed by atoms with Gasteiger partial charge in [-0.3, -0.25) is 29.5 Å². The smallest absolute Gasteiger partial charge is 0.249 e.